The molecular formula is C18H18ClN3O3. The maximum Gasteiger partial charge on any atom is 0.308 e. The highest BCUT2D eigenvalue weighted by Crippen LogP contribution is 2.25. The van der Waals surface area contributed by atoms with Crippen molar-refractivity contribution in [2.24, 2.45) is 5.92 Å². The number of nitrogens with zero attached hydrogens (tertiary/aromatic N) is 3. The number of para-hydroxylation sites is 1. The number of aryl methyl sites for hydroxylation is 1. The fraction of sp³-hybridized carbons (Fsp3) is 0.278. The number of benzene rings is 1. The van der Waals surface area contributed by atoms with E-state index in [1.54, 1.807) is 15.7 Å². The second kappa shape index (κ2) is 7.11. The van der Waals surface area contributed by atoms with Crippen LogP contribution in [0.2, 0.25) is 5.15 Å². The molecular weight excluding hydrogens is 342 g/mol. The number of hydrogen-bond donors (Lipinski definition) is 1. The molecule has 1 saturated heterocycles. The Kier molecular flexibility index (Phi) is 4.90. The number of carboxylic acid groups (broad SMARTS) is 1. The van der Waals surface area contributed by atoms with Gasteiger partial charge in [-0.25, -0.2) is 4.68 Å². The van der Waals surface area contributed by atoms with E-state index < -0.39 is 11.9 Å². The molecule has 1 amide bonds. The van der Waals surface area contributed by atoms with Crippen LogP contribution in [0.4, 0.5) is 0 Å². The number of hydrogen-bond acceptors (Lipinski definition) is 3. The van der Waals surface area contributed by atoms with Gasteiger partial charge in [0.15, 0.2) is 0 Å². The van der Waals surface area contributed by atoms with Crippen molar-refractivity contribution < 1.29 is 14.7 Å². The Morgan fingerprint density at radius 1 is 1.32 bits per heavy atom. The third kappa shape index (κ3) is 3.58. The molecule has 1 aromatic heterocycles. The quantitative estimate of drug-likeness (QED) is 0.852. The van der Waals surface area contributed by atoms with Crippen molar-refractivity contribution in [3.05, 3.63) is 52.8 Å². The fourth-order valence-corrected chi connectivity index (χ4v) is 3.20. The van der Waals surface area contributed by atoms with Gasteiger partial charge < -0.3 is 10.0 Å². The SMILES string of the molecule is Cc1nn(-c2ccccc2)c(Cl)c1/C=C/C(=O)N1CCC(C(=O)O)C1. The summed E-state index contributed by atoms with van der Waals surface area (Å²) in [6, 6.07) is 9.50. The largest absolute Gasteiger partial charge is 0.481 e. The van der Waals surface area contributed by atoms with Gasteiger partial charge >= 0.3 is 5.97 Å². The van der Waals surface area contributed by atoms with E-state index in [9.17, 15) is 9.59 Å². The topological polar surface area (TPSA) is 75.4 Å². The number of amides is 1. The molecule has 1 fully saturated rings. The molecule has 2 aromatic rings. The number of carbonyl (C=O) groups excluding carboxylic acids is 1. The molecule has 1 atom stereocenters. The van der Waals surface area contributed by atoms with E-state index in [0.717, 1.165) is 5.69 Å². The minimum Gasteiger partial charge on any atom is -0.481 e. The van der Waals surface area contributed by atoms with Crippen LogP contribution in [0.5, 0.6) is 0 Å². The Hall–Kier alpha value is -2.60. The third-order valence-electron chi connectivity index (χ3n) is 4.29. The summed E-state index contributed by atoms with van der Waals surface area (Å²) in [6.45, 7) is 2.52. The van der Waals surface area contributed by atoms with Gasteiger partial charge in [-0.1, -0.05) is 29.8 Å². The molecule has 25 heavy (non-hydrogen) atoms. The van der Waals surface area contributed by atoms with Crippen molar-refractivity contribution in [3.63, 3.8) is 0 Å². The number of carboxylic acids is 1. The smallest absolute Gasteiger partial charge is 0.308 e. The van der Waals surface area contributed by atoms with Crippen LogP contribution in [0.15, 0.2) is 36.4 Å². The van der Waals surface area contributed by atoms with Gasteiger partial charge in [-0.05, 0) is 31.6 Å². The lowest BCUT2D eigenvalue weighted by Gasteiger charge is -2.12. The van der Waals surface area contributed by atoms with Crippen LogP contribution < -0.4 is 0 Å². The second-order valence-corrected chi connectivity index (χ2v) is 6.34. The molecule has 1 N–H and O–H groups in total. The first-order chi connectivity index (χ1) is 12.0. The van der Waals surface area contributed by atoms with Crippen molar-refractivity contribution in [2.45, 2.75) is 13.3 Å². The van der Waals surface area contributed by atoms with Gasteiger partial charge in [-0.2, -0.15) is 5.10 Å². The monoisotopic (exact) mass is 359 g/mol. The highest BCUT2D eigenvalue weighted by molar-refractivity contribution is 6.31. The third-order valence-corrected chi connectivity index (χ3v) is 4.65. The average Bonchev–Trinajstić information content (AvgIpc) is 3.20. The van der Waals surface area contributed by atoms with E-state index in [0.29, 0.717) is 29.4 Å². The zero-order chi connectivity index (χ0) is 18.0. The highest BCUT2D eigenvalue weighted by atomic mass is 35.5. The van der Waals surface area contributed by atoms with E-state index >= 15 is 0 Å². The van der Waals surface area contributed by atoms with Gasteiger partial charge in [0.1, 0.15) is 5.15 Å². The molecule has 0 spiro atoms. The van der Waals surface area contributed by atoms with Gasteiger partial charge in [-0.3, -0.25) is 9.59 Å². The molecule has 0 saturated carbocycles. The Labute approximate surface area is 150 Å². The summed E-state index contributed by atoms with van der Waals surface area (Å²) >= 11 is 6.42. The minimum atomic E-state index is -0.859. The lowest BCUT2D eigenvalue weighted by Crippen LogP contribution is -2.28. The fourth-order valence-electron chi connectivity index (χ4n) is 2.86. The van der Waals surface area contributed by atoms with Crippen molar-refractivity contribution in [3.8, 4) is 5.69 Å². The molecule has 0 radical (unpaired) electrons. The molecule has 1 aromatic carbocycles. The summed E-state index contributed by atoms with van der Waals surface area (Å²) in [7, 11) is 0. The summed E-state index contributed by atoms with van der Waals surface area (Å²) < 4.78 is 1.62. The molecule has 0 bridgehead atoms. The molecule has 2 heterocycles. The van der Waals surface area contributed by atoms with E-state index in [4.69, 9.17) is 16.7 Å². The van der Waals surface area contributed by atoms with Crippen LogP contribution in [-0.2, 0) is 9.59 Å². The second-order valence-electron chi connectivity index (χ2n) is 5.98. The molecule has 7 heteroatoms. The van der Waals surface area contributed by atoms with Gasteiger partial charge in [0.05, 0.1) is 17.3 Å². The first-order valence-electron chi connectivity index (χ1n) is 7.97. The summed E-state index contributed by atoms with van der Waals surface area (Å²) in [6.07, 6.45) is 3.55. The van der Waals surface area contributed by atoms with Gasteiger partial charge in [0.25, 0.3) is 0 Å². The van der Waals surface area contributed by atoms with E-state index in [1.807, 2.05) is 37.3 Å². The van der Waals surface area contributed by atoms with Crippen molar-refractivity contribution in [1.29, 1.82) is 0 Å². The molecule has 0 aliphatic carbocycles. The Morgan fingerprint density at radius 3 is 2.68 bits per heavy atom. The van der Waals surface area contributed by atoms with Gasteiger partial charge in [-0.15, -0.1) is 0 Å². The van der Waals surface area contributed by atoms with Crippen molar-refractivity contribution >= 4 is 29.6 Å². The summed E-state index contributed by atoms with van der Waals surface area (Å²) in [5.41, 5.74) is 2.22. The predicted octanol–water partition coefficient (Wildman–Crippen LogP) is 2.78. The lowest BCUT2D eigenvalue weighted by atomic mass is 10.1. The Bertz CT molecular complexity index is 830. The average molecular weight is 360 g/mol. The lowest BCUT2D eigenvalue weighted by molar-refractivity contribution is -0.141. The normalized spacial score (nSPS) is 17.4. The maximum atomic E-state index is 12.3. The van der Waals surface area contributed by atoms with E-state index in [1.165, 1.54) is 6.08 Å². The molecule has 3 rings (SSSR count). The zero-order valence-corrected chi connectivity index (χ0v) is 14.5. The minimum absolute atomic E-state index is 0.216. The standard InChI is InChI=1S/C18H18ClN3O3/c1-12-15(17(19)22(20-12)14-5-3-2-4-6-14)7-8-16(23)21-10-9-13(11-21)18(24)25/h2-8,13H,9-11H2,1H3,(H,24,25)/b8-7+. The highest BCUT2D eigenvalue weighted by Gasteiger charge is 2.29. The van der Waals surface area contributed by atoms with E-state index in [-0.39, 0.29) is 12.5 Å². The number of aliphatic carboxylic acids is 1. The predicted molar refractivity (Wildman–Crippen MR) is 94.7 cm³/mol. The molecule has 130 valence electrons. The maximum absolute atomic E-state index is 12.3. The first kappa shape index (κ1) is 17.2. The number of likely N-dealkylation sites (tertiary alicyclic amines) is 1. The molecule has 6 nitrogen and oxygen atoms in total. The van der Waals surface area contributed by atoms with Gasteiger partial charge in [0.2, 0.25) is 5.91 Å². The number of rotatable bonds is 4. The zero-order valence-electron chi connectivity index (χ0n) is 13.7. The molecule has 1 aliphatic rings. The van der Waals surface area contributed by atoms with Crippen LogP contribution in [0.1, 0.15) is 17.7 Å². The van der Waals surface area contributed by atoms with Gasteiger partial charge in [0, 0.05) is 24.7 Å². The summed E-state index contributed by atoms with van der Waals surface area (Å²) in [5.74, 6) is -1.56. The van der Waals surface area contributed by atoms with Crippen molar-refractivity contribution in [1.82, 2.24) is 14.7 Å². The van der Waals surface area contributed by atoms with Crippen LogP contribution in [-0.4, -0.2) is 44.8 Å². The number of carbonyl (C=O) groups is 2. The summed E-state index contributed by atoms with van der Waals surface area (Å²) in [4.78, 5) is 24.8. The molecule has 1 unspecified atom stereocenters. The number of halogens is 1. The van der Waals surface area contributed by atoms with Crippen LogP contribution >= 0.6 is 11.6 Å². The van der Waals surface area contributed by atoms with Crippen LogP contribution in [0.25, 0.3) is 11.8 Å². The number of aromatic nitrogens is 2. The Morgan fingerprint density at radius 2 is 2.04 bits per heavy atom. The van der Waals surface area contributed by atoms with Crippen LogP contribution in [0.3, 0.4) is 0 Å². The molecule has 1 aliphatic heterocycles. The van der Waals surface area contributed by atoms with E-state index in [2.05, 4.69) is 5.10 Å². The van der Waals surface area contributed by atoms with Crippen molar-refractivity contribution in [2.75, 3.05) is 13.1 Å². The summed E-state index contributed by atoms with van der Waals surface area (Å²) in [5, 5.41) is 13.9. The first-order valence-corrected chi connectivity index (χ1v) is 8.35. The van der Waals surface area contributed by atoms with Crippen LogP contribution in [0, 0.1) is 12.8 Å². The Balaban J connectivity index is 1.77.